The number of aromatic nitrogens is 1. The van der Waals surface area contributed by atoms with Crippen molar-refractivity contribution in [2.45, 2.75) is 0 Å². The van der Waals surface area contributed by atoms with Crippen LogP contribution in [0.4, 0.5) is 0 Å². The average Bonchev–Trinajstić information content (AvgIpc) is 2.55. The molecule has 1 aromatic rings. The molecule has 0 atom stereocenters. The number of piperazine rings is 1. The Hall–Kier alpha value is -1.82. The Morgan fingerprint density at radius 3 is 2.41 bits per heavy atom. The largest absolute Gasteiger partial charge is 0.345 e. The number of nitrogens with one attached hydrogen (secondary N) is 1. The van der Waals surface area contributed by atoms with Gasteiger partial charge in [-0.1, -0.05) is 11.6 Å². The lowest BCUT2D eigenvalue weighted by atomic mass is 10.3. The molecule has 0 radical (unpaired) electrons. The van der Waals surface area contributed by atoms with E-state index >= 15 is 0 Å². The van der Waals surface area contributed by atoms with Crippen molar-refractivity contribution in [3.63, 3.8) is 0 Å². The highest BCUT2D eigenvalue weighted by Crippen LogP contribution is 2.15. The summed E-state index contributed by atoms with van der Waals surface area (Å²) in [6.45, 7) is -0.235. The van der Waals surface area contributed by atoms with Gasteiger partial charge in [0.05, 0.1) is 5.02 Å². The molecule has 1 fully saturated rings. The number of carbonyl (C=O) groups is 3. The van der Waals surface area contributed by atoms with Crippen LogP contribution in [-0.2, 0) is 16.6 Å². The fourth-order valence-corrected chi connectivity index (χ4v) is 1.93. The fraction of sp³-hybridized carbons (Fsp3) is 0.300. The van der Waals surface area contributed by atoms with E-state index in [0.717, 1.165) is 0 Å². The van der Waals surface area contributed by atoms with Crippen LogP contribution in [0.2, 0.25) is 5.02 Å². The molecule has 3 amide bonds. The lowest BCUT2D eigenvalue weighted by Crippen LogP contribution is -2.53. The van der Waals surface area contributed by atoms with Crippen LogP contribution < -0.4 is 5.32 Å². The summed E-state index contributed by atoms with van der Waals surface area (Å²) in [5.41, 5.74) is 0.345. The molecule has 0 bridgehead atoms. The molecule has 0 aliphatic carbocycles. The molecule has 1 saturated heterocycles. The summed E-state index contributed by atoms with van der Waals surface area (Å²) in [6.07, 6.45) is 1.58. The number of rotatable bonds is 1. The smallest absolute Gasteiger partial charge is 0.271 e. The first kappa shape index (κ1) is 11.7. The fourth-order valence-electron chi connectivity index (χ4n) is 1.68. The van der Waals surface area contributed by atoms with Gasteiger partial charge in [-0.2, -0.15) is 0 Å². The van der Waals surface area contributed by atoms with E-state index in [1.807, 2.05) is 0 Å². The van der Waals surface area contributed by atoms with Crippen LogP contribution in [0.5, 0.6) is 0 Å². The van der Waals surface area contributed by atoms with Gasteiger partial charge in [-0.05, 0) is 6.07 Å². The van der Waals surface area contributed by atoms with Gasteiger partial charge < -0.3 is 9.47 Å². The van der Waals surface area contributed by atoms with E-state index in [9.17, 15) is 14.4 Å². The maximum Gasteiger partial charge on any atom is 0.271 e. The van der Waals surface area contributed by atoms with Crippen LogP contribution in [0.1, 0.15) is 10.5 Å². The second-order valence-electron chi connectivity index (χ2n) is 3.79. The molecular formula is C10H10ClN3O3. The molecular weight excluding hydrogens is 246 g/mol. The van der Waals surface area contributed by atoms with Crippen molar-refractivity contribution in [3.8, 4) is 0 Å². The minimum atomic E-state index is -0.477. The van der Waals surface area contributed by atoms with Crippen LogP contribution in [-0.4, -0.2) is 40.3 Å². The van der Waals surface area contributed by atoms with Crippen molar-refractivity contribution in [2.75, 3.05) is 13.1 Å². The molecule has 7 heteroatoms. The van der Waals surface area contributed by atoms with Crippen LogP contribution in [0, 0.1) is 0 Å². The Bertz CT molecular complexity index is 493. The zero-order chi connectivity index (χ0) is 12.6. The SMILES string of the molecule is Cn1cc(Cl)cc1C(=O)N1CC(=O)NC(=O)C1. The normalized spacial score (nSPS) is 16.0. The van der Waals surface area contributed by atoms with Gasteiger partial charge in [0.2, 0.25) is 11.8 Å². The zero-order valence-electron chi connectivity index (χ0n) is 9.07. The van der Waals surface area contributed by atoms with E-state index in [1.165, 1.54) is 11.0 Å². The molecule has 2 rings (SSSR count). The van der Waals surface area contributed by atoms with Crippen molar-refractivity contribution >= 4 is 29.3 Å². The number of nitrogens with zero attached hydrogens (tertiary/aromatic N) is 2. The third-order valence-electron chi connectivity index (χ3n) is 2.43. The summed E-state index contributed by atoms with van der Waals surface area (Å²) < 4.78 is 1.56. The van der Waals surface area contributed by atoms with E-state index in [0.29, 0.717) is 10.7 Å². The molecule has 1 N–H and O–H groups in total. The summed E-state index contributed by atoms with van der Waals surface area (Å²) in [5, 5.41) is 2.56. The minimum Gasteiger partial charge on any atom is -0.345 e. The van der Waals surface area contributed by atoms with Gasteiger partial charge in [-0.15, -0.1) is 0 Å². The Balaban J connectivity index is 2.23. The number of amides is 3. The molecule has 1 aromatic heterocycles. The van der Waals surface area contributed by atoms with Crippen LogP contribution in [0.15, 0.2) is 12.3 Å². The lowest BCUT2D eigenvalue weighted by molar-refractivity contribution is -0.135. The molecule has 6 nitrogen and oxygen atoms in total. The Morgan fingerprint density at radius 2 is 1.94 bits per heavy atom. The van der Waals surface area contributed by atoms with Crippen molar-refractivity contribution in [2.24, 2.45) is 7.05 Å². The molecule has 1 aliphatic rings. The molecule has 90 valence electrons. The van der Waals surface area contributed by atoms with Crippen molar-refractivity contribution < 1.29 is 14.4 Å². The monoisotopic (exact) mass is 255 g/mol. The van der Waals surface area contributed by atoms with Gasteiger partial charge in [0, 0.05) is 13.2 Å². The van der Waals surface area contributed by atoms with Crippen molar-refractivity contribution in [1.82, 2.24) is 14.8 Å². The van der Waals surface area contributed by atoms with Gasteiger partial charge >= 0.3 is 0 Å². The maximum atomic E-state index is 12.0. The summed E-state index contributed by atoms with van der Waals surface area (Å²) in [5.74, 6) is -1.34. The highest BCUT2D eigenvalue weighted by atomic mass is 35.5. The first-order valence-corrected chi connectivity index (χ1v) is 5.29. The van der Waals surface area contributed by atoms with Crippen LogP contribution >= 0.6 is 11.6 Å². The predicted octanol–water partition coefficient (Wildman–Crippen LogP) is -0.223. The van der Waals surface area contributed by atoms with Crippen LogP contribution in [0.3, 0.4) is 0 Å². The number of halogens is 1. The van der Waals surface area contributed by atoms with E-state index in [-0.39, 0.29) is 19.0 Å². The van der Waals surface area contributed by atoms with Gasteiger partial charge in [-0.25, -0.2) is 0 Å². The first-order valence-electron chi connectivity index (χ1n) is 4.91. The molecule has 17 heavy (non-hydrogen) atoms. The van der Waals surface area contributed by atoms with Gasteiger partial charge in [0.25, 0.3) is 5.91 Å². The summed E-state index contributed by atoms with van der Waals surface area (Å²) >= 11 is 5.77. The van der Waals surface area contributed by atoms with Crippen molar-refractivity contribution in [3.05, 3.63) is 23.0 Å². The predicted molar refractivity (Wildman–Crippen MR) is 59.5 cm³/mol. The lowest BCUT2D eigenvalue weighted by Gasteiger charge is -2.25. The van der Waals surface area contributed by atoms with Crippen LogP contribution in [0.25, 0.3) is 0 Å². The molecule has 1 aliphatic heterocycles. The topological polar surface area (TPSA) is 71.4 Å². The maximum absolute atomic E-state index is 12.0. The number of carbonyl (C=O) groups excluding carboxylic acids is 3. The average molecular weight is 256 g/mol. The van der Waals surface area contributed by atoms with E-state index in [2.05, 4.69) is 5.32 Å². The third-order valence-corrected chi connectivity index (χ3v) is 2.63. The Labute approximate surface area is 102 Å². The van der Waals surface area contributed by atoms with E-state index < -0.39 is 11.8 Å². The van der Waals surface area contributed by atoms with Gasteiger partial charge in [0.1, 0.15) is 18.8 Å². The van der Waals surface area contributed by atoms with E-state index in [4.69, 9.17) is 11.6 Å². The van der Waals surface area contributed by atoms with Crippen molar-refractivity contribution in [1.29, 1.82) is 0 Å². The second-order valence-corrected chi connectivity index (χ2v) is 4.22. The quantitative estimate of drug-likeness (QED) is 0.705. The number of hydrogen-bond acceptors (Lipinski definition) is 3. The summed E-state index contributed by atoms with van der Waals surface area (Å²) in [7, 11) is 1.67. The minimum absolute atomic E-state index is 0.118. The molecule has 0 spiro atoms. The standard InChI is InChI=1S/C10H10ClN3O3/c1-13-3-6(11)2-7(13)10(17)14-4-8(15)12-9(16)5-14/h2-3H,4-5H2,1H3,(H,12,15,16). The first-order chi connectivity index (χ1) is 7.97. The molecule has 0 aromatic carbocycles. The Morgan fingerprint density at radius 1 is 1.35 bits per heavy atom. The highest BCUT2D eigenvalue weighted by molar-refractivity contribution is 6.31. The number of hydrogen-bond donors (Lipinski definition) is 1. The summed E-state index contributed by atoms with van der Waals surface area (Å²) in [4.78, 5) is 35.5. The summed E-state index contributed by atoms with van der Waals surface area (Å²) in [6, 6.07) is 1.50. The van der Waals surface area contributed by atoms with E-state index in [1.54, 1.807) is 17.8 Å². The third kappa shape index (κ3) is 2.31. The molecule has 2 heterocycles. The highest BCUT2D eigenvalue weighted by Gasteiger charge is 2.28. The van der Waals surface area contributed by atoms with Gasteiger partial charge in [-0.3, -0.25) is 19.7 Å². The second kappa shape index (κ2) is 4.21. The molecule has 0 unspecified atom stereocenters. The van der Waals surface area contributed by atoms with Gasteiger partial charge in [0.15, 0.2) is 0 Å². The molecule has 0 saturated carbocycles. The Kier molecular flexibility index (Phi) is 2.89. The number of imide groups is 1. The number of aryl methyl sites for hydroxylation is 1. The zero-order valence-corrected chi connectivity index (χ0v) is 9.82.